The Morgan fingerprint density at radius 1 is 1.71 bits per heavy atom. The average molecular weight is 239 g/mol. The Bertz CT molecular complexity index is 367. The van der Waals surface area contributed by atoms with Crippen LogP contribution >= 0.6 is 0 Å². The summed E-state index contributed by atoms with van der Waals surface area (Å²) < 4.78 is 5.55. The predicted molar refractivity (Wildman–Crippen MR) is 59.8 cm³/mol. The van der Waals surface area contributed by atoms with Crippen LogP contribution in [0.4, 0.5) is 0 Å². The van der Waals surface area contributed by atoms with Crippen LogP contribution in [0.3, 0.4) is 0 Å². The molecule has 1 saturated heterocycles. The lowest BCUT2D eigenvalue weighted by Gasteiger charge is -2.20. The summed E-state index contributed by atoms with van der Waals surface area (Å²) in [4.78, 5) is 17.6. The number of likely N-dealkylation sites (N-methyl/N-ethyl adjacent to an activating group) is 1. The molecule has 1 aromatic rings. The van der Waals surface area contributed by atoms with E-state index in [-0.39, 0.29) is 18.1 Å². The van der Waals surface area contributed by atoms with Crippen LogP contribution in [0.5, 0.6) is 0 Å². The minimum Gasteiger partial charge on any atom is -0.364 e. The number of amides is 1. The zero-order chi connectivity index (χ0) is 12.3. The molecule has 0 saturated carbocycles. The molecule has 94 valence electrons. The number of H-pyrrole nitrogens is 1. The first kappa shape index (κ1) is 12.0. The van der Waals surface area contributed by atoms with E-state index in [2.05, 4.69) is 15.2 Å². The molecule has 2 rings (SSSR count). The predicted octanol–water partition coefficient (Wildman–Crippen LogP) is -0.731. The summed E-state index contributed by atoms with van der Waals surface area (Å²) in [7, 11) is 1.73. The molecule has 1 fully saturated rings. The Morgan fingerprint density at radius 3 is 3.12 bits per heavy atom. The second-order valence-corrected chi connectivity index (χ2v) is 4.19. The second kappa shape index (κ2) is 5.24. The van der Waals surface area contributed by atoms with Crippen molar-refractivity contribution >= 4 is 5.91 Å². The van der Waals surface area contributed by atoms with Crippen LogP contribution in [0.15, 0.2) is 6.33 Å². The zero-order valence-corrected chi connectivity index (χ0v) is 9.80. The maximum Gasteiger partial charge on any atom is 0.251 e. The number of hydrogen-bond donors (Lipinski definition) is 2. The quantitative estimate of drug-likeness (QED) is 0.722. The molecule has 1 aromatic heterocycles. The molecule has 2 unspecified atom stereocenters. The van der Waals surface area contributed by atoms with Gasteiger partial charge in [0.15, 0.2) is 0 Å². The van der Waals surface area contributed by atoms with Crippen molar-refractivity contribution in [2.75, 3.05) is 13.6 Å². The SMILES string of the molecule is CN(Cc1ncn[nH]1)C(=O)C1CCC(CN)O1. The number of carbonyl (C=O) groups excluding carboxylic acids is 1. The largest absolute Gasteiger partial charge is 0.364 e. The van der Waals surface area contributed by atoms with Gasteiger partial charge < -0.3 is 15.4 Å². The third kappa shape index (κ3) is 2.80. The van der Waals surface area contributed by atoms with Crippen molar-refractivity contribution in [3.63, 3.8) is 0 Å². The van der Waals surface area contributed by atoms with Gasteiger partial charge in [0, 0.05) is 13.6 Å². The van der Waals surface area contributed by atoms with Crippen LogP contribution in [0.1, 0.15) is 18.7 Å². The topological polar surface area (TPSA) is 97.1 Å². The van der Waals surface area contributed by atoms with Crippen LogP contribution in [-0.4, -0.2) is 51.8 Å². The fourth-order valence-electron chi connectivity index (χ4n) is 1.92. The summed E-state index contributed by atoms with van der Waals surface area (Å²) in [5.74, 6) is 0.631. The van der Waals surface area contributed by atoms with Crippen molar-refractivity contribution < 1.29 is 9.53 Å². The van der Waals surface area contributed by atoms with Gasteiger partial charge in [-0.25, -0.2) is 4.98 Å². The van der Waals surface area contributed by atoms with Gasteiger partial charge in [-0.05, 0) is 12.8 Å². The number of nitrogens with zero attached hydrogens (tertiary/aromatic N) is 3. The van der Waals surface area contributed by atoms with Crippen LogP contribution in [0, 0.1) is 0 Å². The number of hydrogen-bond acceptors (Lipinski definition) is 5. The number of carbonyl (C=O) groups is 1. The van der Waals surface area contributed by atoms with E-state index in [1.165, 1.54) is 6.33 Å². The molecule has 0 bridgehead atoms. The number of aromatic amines is 1. The molecule has 0 radical (unpaired) electrons. The first-order chi connectivity index (χ1) is 8.20. The standard InChI is InChI=1S/C10H17N5O2/c1-15(5-9-12-6-13-14-9)10(16)8-3-2-7(4-11)17-8/h6-8H,2-5,11H2,1H3,(H,12,13,14). The van der Waals surface area contributed by atoms with Gasteiger partial charge in [-0.3, -0.25) is 9.89 Å². The molecule has 7 heteroatoms. The highest BCUT2D eigenvalue weighted by atomic mass is 16.5. The monoisotopic (exact) mass is 239 g/mol. The van der Waals surface area contributed by atoms with E-state index in [1.807, 2.05) is 0 Å². The Hall–Kier alpha value is -1.47. The molecule has 3 N–H and O–H groups in total. The third-order valence-electron chi connectivity index (χ3n) is 2.87. The summed E-state index contributed by atoms with van der Waals surface area (Å²) in [5.41, 5.74) is 5.51. The van der Waals surface area contributed by atoms with E-state index in [0.29, 0.717) is 18.9 Å². The van der Waals surface area contributed by atoms with Gasteiger partial charge in [0.05, 0.1) is 12.6 Å². The average Bonchev–Trinajstić information content (AvgIpc) is 2.98. The summed E-state index contributed by atoms with van der Waals surface area (Å²) >= 11 is 0. The summed E-state index contributed by atoms with van der Waals surface area (Å²) in [6.07, 6.45) is 2.66. The van der Waals surface area contributed by atoms with E-state index >= 15 is 0 Å². The fourth-order valence-corrected chi connectivity index (χ4v) is 1.92. The van der Waals surface area contributed by atoms with Gasteiger partial charge in [-0.2, -0.15) is 5.10 Å². The molecule has 1 amide bonds. The van der Waals surface area contributed by atoms with Gasteiger partial charge in [-0.1, -0.05) is 0 Å². The smallest absolute Gasteiger partial charge is 0.251 e. The van der Waals surface area contributed by atoms with Crippen molar-refractivity contribution in [1.29, 1.82) is 0 Å². The molecule has 7 nitrogen and oxygen atoms in total. The van der Waals surface area contributed by atoms with Gasteiger partial charge >= 0.3 is 0 Å². The number of nitrogens with two attached hydrogens (primary N) is 1. The van der Waals surface area contributed by atoms with Crippen LogP contribution in [0.25, 0.3) is 0 Å². The van der Waals surface area contributed by atoms with E-state index in [1.54, 1.807) is 11.9 Å². The third-order valence-corrected chi connectivity index (χ3v) is 2.87. The molecule has 2 heterocycles. The summed E-state index contributed by atoms with van der Waals surface area (Å²) in [6, 6.07) is 0. The summed E-state index contributed by atoms with van der Waals surface area (Å²) in [5, 5.41) is 6.45. The number of rotatable bonds is 4. The van der Waals surface area contributed by atoms with Crippen LogP contribution in [0.2, 0.25) is 0 Å². The van der Waals surface area contributed by atoms with Gasteiger partial charge in [-0.15, -0.1) is 0 Å². The van der Waals surface area contributed by atoms with E-state index in [0.717, 1.165) is 12.8 Å². The van der Waals surface area contributed by atoms with E-state index in [9.17, 15) is 4.79 Å². The lowest BCUT2D eigenvalue weighted by Crippen LogP contribution is -2.37. The van der Waals surface area contributed by atoms with E-state index < -0.39 is 0 Å². The first-order valence-corrected chi connectivity index (χ1v) is 5.65. The summed E-state index contributed by atoms with van der Waals surface area (Å²) in [6.45, 7) is 0.877. The van der Waals surface area contributed by atoms with Crippen molar-refractivity contribution in [1.82, 2.24) is 20.1 Å². The van der Waals surface area contributed by atoms with Crippen LogP contribution < -0.4 is 5.73 Å². The molecule has 0 aromatic carbocycles. The highest BCUT2D eigenvalue weighted by Gasteiger charge is 2.31. The Morgan fingerprint density at radius 2 is 2.53 bits per heavy atom. The highest BCUT2D eigenvalue weighted by molar-refractivity contribution is 5.80. The molecule has 2 atom stereocenters. The Kier molecular flexibility index (Phi) is 3.70. The molecular formula is C10H17N5O2. The number of nitrogens with one attached hydrogen (secondary N) is 1. The van der Waals surface area contributed by atoms with Crippen LogP contribution in [-0.2, 0) is 16.1 Å². The highest BCUT2D eigenvalue weighted by Crippen LogP contribution is 2.20. The Labute approximate surface area is 99.3 Å². The molecule has 1 aliphatic rings. The normalized spacial score (nSPS) is 23.9. The Balaban J connectivity index is 1.87. The lowest BCUT2D eigenvalue weighted by molar-refractivity contribution is -0.142. The minimum absolute atomic E-state index is 0.0163. The van der Waals surface area contributed by atoms with Gasteiger partial charge in [0.1, 0.15) is 18.3 Å². The molecule has 17 heavy (non-hydrogen) atoms. The van der Waals surface area contributed by atoms with E-state index in [4.69, 9.17) is 10.5 Å². The minimum atomic E-state index is -0.364. The maximum absolute atomic E-state index is 12.0. The zero-order valence-electron chi connectivity index (χ0n) is 9.80. The fraction of sp³-hybridized carbons (Fsp3) is 0.700. The van der Waals surface area contributed by atoms with Crippen molar-refractivity contribution in [2.24, 2.45) is 5.73 Å². The molecular weight excluding hydrogens is 222 g/mol. The lowest BCUT2D eigenvalue weighted by atomic mass is 10.2. The van der Waals surface area contributed by atoms with Crippen molar-refractivity contribution in [3.8, 4) is 0 Å². The van der Waals surface area contributed by atoms with Crippen molar-refractivity contribution in [3.05, 3.63) is 12.2 Å². The van der Waals surface area contributed by atoms with Gasteiger partial charge in [0.25, 0.3) is 5.91 Å². The second-order valence-electron chi connectivity index (χ2n) is 4.19. The number of ether oxygens (including phenoxy) is 1. The first-order valence-electron chi connectivity index (χ1n) is 5.65. The molecule has 0 spiro atoms. The number of aromatic nitrogens is 3. The van der Waals surface area contributed by atoms with Crippen molar-refractivity contribution in [2.45, 2.75) is 31.6 Å². The maximum atomic E-state index is 12.0. The molecule has 0 aliphatic carbocycles. The molecule has 1 aliphatic heterocycles. The van der Waals surface area contributed by atoms with Gasteiger partial charge in [0.2, 0.25) is 0 Å².